The van der Waals surface area contributed by atoms with Gasteiger partial charge in [-0.3, -0.25) is 4.79 Å². The largest absolute Gasteiger partial charge is 0.435 e. The second-order valence-electron chi connectivity index (χ2n) is 3.86. The van der Waals surface area contributed by atoms with Gasteiger partial charge in [-0.05, 0) is 48.5 Å². The van der Waals surface area contributed by atoms with E-state index in [0.29, 0.717) is 5.69 Å². The molecule has 0 saturated carbocycles. The van der Waals surface area contributed by atoms with Gasteiger partial charge in [0, 0.05) is 11.3 Å². The summed E-state index contributed by atoms with van der Waals surface area (Å²) in [7, 11) is 0. The predicted molar refractivity (Wildman–Crippen MR) is 67.4 cm³/mol. The molecule has 2 aromatic rings. The van der Waals surface area contributed by atoms with E-state index < -0.39 is 18.3 Å². The SMILES string of the molecule is O=C(Nc1ccc(F)cc1)c1ccc(OC(F)F)cc1. The van der Waals surface area contributed by atoms with Crippen LogP contribution >= 0.6 is 0 Å². The smallest absolute Gasteiger partial charge is 0.387 e. The molecule has 1 N–H and O–H groups in total. The summed E-state index contributed by atoms with van der Waals surface area (Å²) >= 11 is 0. The van der Waals surface area contributed by atoms with Gasteiger partial charge in [-0.1, -0.05) is 0 Å². The van der Waals surface area contributed by atoms with E-state index in [2.05, 4.69) is 10.1 Å². The molecule has 0 saturated heterocycles. The first-order chi connectivity index (χ1) is 9.54. The Hall–Kier alpha value is -2.50. The molecule has 0 heterocycles. The molecule has 104 valence electrons. The zero-order valence-corrected chi connectivity index (χ0v) is 10.1. The van der Waals surface area contributed by atoms with Crippen LogP contribution in [0, 0.1) is 5.82 Å². The van der Waals surface area contributed by atoms with Gasteiger partial charge in [0.05, 0.1) is 0 Å². The molecule has 0 spiro atoms. The average Bonchev–Trinajstić information content (AvgIpc) is 2.41. The van der Waals surface area contributed by atoms with E-state index >= 15 is 0 Å². The molecule has 0 fully saturated rings. The number of halogens is 3. The third-order valence-electron chi connectivity index (χ3n) is 2.44. The van der Waals surface area contributed by atoms with Crippen molar-refractivity contribution in [2.24, 2.45) is 0 Å². The highest BCUT2D eigenvalue weighted by atomic mass is 19.3. The summed E-state index contributed by atoms with van der Waals surface area (Å²) in [5.41, 5.74) is 0.709. The summed E-state index contributed by atoms with van der Waals surface area (Å²) in [6.07, 6.45) is 0. The second kappa shape index (κ2) is 6.10. The van der Waals surface area contributed by atoms with Crippen LogP contribution in [-0.2, 0) is 0 Å². The van der Waals surface area contributed by atoms with Crippen LogP contribution in [0.5, 0.6) is 5.75 Å². The summed E-state index contributed by atoms with van der Waals surface area (Å²) in [4.78, 5) is 11.8. The van der Waals surface area contributed by atoms with E-state index in [4.69, 9.17) is 0 Å². The molecule has 3 nitrogen and oxygen atoms in total. The van der Waals surface area contributed by atoms with Gasteiger partial charge in [-0.2, -0.15) is 8.78 Å². The van der Waals surface area contributed by atoms with Gasteiger partial charge in [0.25, 0.3) is 5.91 Å². The lowest BCUT2D eigenvalue weighted by Crippen LogP contribution is -2.11. The fourth-order valence-corrected chi connectivity index (χ4v) is 1.52. The van der Waals surface area contributed by atoms with Crippen LogP contribution in [0.25, 0.3) is 0 Å². The number of carbonyl (C=O) groups is 1. The summed E-state index contributed by atoms with van der Waals surface area (Å²) in [5.74, 6) is -0.866. The Labute approximate surface area is 113 Å². The van der Waals surface area contributed by atoms with E-state index in [1.54, 1.807) is 0 Å². The second-order valence-corrected chi connectivity index (χ2v) is 3.86. The fourth-order valence-electron chi connectivity index (χ4n) is 1.52. The van der Waals surface area contributed by atoms with Crippen molar-refractivity contribution >= 4 is 11.6 Å². The Kier molecular flexibility index (Phi) is 4.24. The van der Waals surface area contributed by atoms with E-state index in [1.165, 1.54) is 48.5 Å². The number of amides is 1. The number of hydrogen-bond donors (Lipinski definition) is 1. The van der Waals surface area contributed by atoms with Crippen LogP contribution in [0.15, 0.2) is 48.5 Å². The molecule has 0 aliphatic carbocycles. The average molecular weight is 281 g/mol. The van der Waals surface area contributed by atoms with Crippen LogP contribution in [0.4, 0.5) is 18.9 Å². The summed E-state index contributed by atoms with van der Waals surface area (Å²) < 4.78 is 40.8. The van der Waals surface area contributed by atoms with Crippen molar-refractivity contribution in [3.8, 4) is 5.75 Å². The zero-order chi connectivity index (χ0) is 14.5. The molecule has 0 radical (unpaired) electrons. The van der Waals surface area contributed by atoms with Crippen molar-refractivity contribution in [1.82, 2.24) is 0 Å². The maximum absolute atomic E-state index is 12.7. The van der Waals surface area contributed by atoms with Crippen molar-refractivity contribution in [3.05, 3.63) is 59.9 Å². The van der Waals surface area contributed by atoms with Crippen molar-refractivity contribution in [2.75, 3.05) is 5.32 Å². The lowest BCUT2D eigenvalue weighted by Gasteiger charge is -2.07. The van der Waals surface area contributed by atoms with E-state index in [9.17, 15) is 18.0 Å². The number of carbonyl (C=O) groups excluding carboxylic acids is 1. The Morgan fingerprint density at radius 3 is 2.15 bits per heavy atom. The van der Waals surface area contributed by atoms with Gasteiger partial charge >= 0.3 is 6.61 Å². The number of ether oxygens (including phenoxy) is 1. The molecule has 20 heavy (non-hydrogen) atoms. The highest BCUT2D eigenvalue weighted by molar-refractivity contribution is 6.04. The summed E-state index contributed by atoms with van der Waals surface area (Å²) in [5, 5.41) is 2.55. The van der Waals surface area contributed by atoms with Gasteiger partial charge < -0.3 is 10.1 Å². The van der Waals surface area contributed by atoms with Crippen molar-refractivity contribution in [3.63, 3.8) is 0 Å². The highest BCUT2D eigenvalue weighted by Crippen LogP contribution is 2.16. The summed E-state index contributed by atoms with van der Waals surface area (Å²) in [6, 6.07) is 10.5. The van der Waals surface area contributed by atoms with Crippen LogP contribution in [0.1, 0.15) is 10.4 Å². The predicted octanol–water partition coefficient (Wildman–Crippen LogP) is 3.68. The zero-order valence-electron chi connectivity index (χ0n) is 10.1. The van der Waals surface area contributed by atoms with Gasteiger partial charge in [-0.25, -0.2) is 4.39 Å². The van der Waals surface area contributed by atoms with E-state index in [0.717, 1.165) is 0 Å². The van der Waals surface area contributed by atoms with E-state index in [1.807, 2.05) is 0 Å². The van der Waals surface area contributed by atoms with Crippen LogP contribution in [0.2, 0.25) is 0 Å². The molecule has 1 amide bonds. The fraction of sp³-hybridized carbons (Fsp3) is 0.0714. The Morgan fingerprint density at radius 2 is 1.60 bits per heavy atom. The molecule has 0 aliphatic heterocycles. The molecular weight excluding hydrogens is 271 g/mol. The van der Waals surface area contributed by atoms with Crippen molar-refractivity contribution < 1.29 is 22.7 Å². The first-order valence-corrected chi connectivity index (χ1v) is 5.66. The Bertz CT molecular complexity index is 582. The monoisotopic (exact) mass is 281 g/mol. The van der Waals surface area contributed by atoms with Crippen molar-refractivity contribution in [1.29, 1.82) is 0 Å². The standard InChI is InChI=1S/C14H10F3NO2/c15-10-3-5-11(6-4-10)18-13(19)9-1-7-12(8-2-9)20-14(16)17/h1-8,14H,(H,18,19). The first-order valence-electron chi connectivity index (χ1n) is 5.66. The molecule has 0 unspecified atom stereocenters. The third kappa shape index (κ3) is 3.74. The molecule has 2 rings (SSSR count). The van der Waals surface area contributed by atoms with Crippen molar-refractivity contribution in [2.45, 2.75) is 6.61 Å². The van der Waals surface area contributed by atoms with Gasteiger partial charge in [0.2, 0.25) is 0 Å². The Morgan fingerprint density at radius 1 is 1.00 bits per heavy atom. The summed E-state index contributed by atoms with van der Waals surface area (Å²) in [6.45, 7) is -2.91. The van der Waals surface area contributed by atoms with Gasteiger partial charge in [-0.15, -0.1) is 0 Å². The minimum absolute atomic E-state index is 0.0293. The lowest BCUT2D eigenvalue weighted by atomic mass is 10.2. The molecule has 6 heteroatoms. The highest BCUT2D eigenvalue weighted by Gasteiger charge is 2.08. The van der Waals surface area contributed by atoms with Gasteiger partial charge in [0.15, 0.2) is 0 Å². The lowest BCUT2D eigenvalue weighted by molar-refractivity contribution is -0.0498. The molecule has 0 bridgehead atoms. The quantitative estimate of drug-likeness (QED) is 0.928. The van der Waals surface area contributed by atoms with Crippen LogP contribution < -0.4 is 10.1 Å². The first kappa shape index (κ1) is 13.9. The number of rotatable bonds is 4. The molecular formula is C14H10F3NO2. The third-order valence-corrected chi connectivity index (χ3v) is 2.44. The number of alkyl halides is 2. The topological polar surface area (TPSA) is 38.3 Å². The number of hydrogen-bond acceptors (Lipinski definition) is 2. The maximum atomic E-state index is 12.7. The minimum Gasteiger partial charge on any atom is -0.435 e. The molecule has 0 aliphatic rings. The van der Waals surface area contributed by atoms with Gasteiger partial charge in [0.1, 0.15) is 11.6 Å². The molecule has 0 aromatic heterocycles. The number of anilines is 1. The van der Waals surface area contributed by atoms with Crippen LogP contribution in [-0.4, -0.2) is 12.5 Å². The number of nitrogens with one attached hydrogen (secondary N) is 1. The van der Waals surface area contributed by atoms with E-state index in [-0.39, 0.29) is 11.3 Å². The molecule has 2 aromatic carbocycles. The Balaban J connectivity index is 2.03. The normalized spacial score (nSPS) is 10.4. The minimum atomic E-state index is -2.91. The number of benzene rings is 2. The van der Waals surface area contributed by atoms with Crippen LogP contribution in [0.3, 0.4) is 0 Å². The molecule has 0 atom stereocenters. The maximum Gasteiger partial charge on any atom is 0.387 e.